The van der Waals surface area contributed by atoms with Crippen molar-refractivity contribution in [3.8, 4) is 0 Å². The molecule has 0 bridgehead atoms. The van der Waals surface area contributed by atoms with Gasteiger partial charge in [0, 0.05) is 49.5 Å². The second-order valence-corrected chi connectivity index (χ2v) is 9.43. The summed E-state index contributed by atoms with van der Waals surface area (Å²) in [6, 6.07) is 6.04. The van der Waals surface area contributed by atoms with Gasteiger partial charge in [0.05, 0.1) is 17.3 Å². The molecular weight excluding hydrogens is 405 g/mol. The average Bonchev–Trinajstić information content (AvgIpc) is 2.62. The predicted molar refractivity (Wildman–Crippen MR) is 107 cm³/mol. The van der Waals surface area contributed by atoms with E-state index in [1.165, 1.54) is 12.3 Å². The highest BCUT2D eigenvalue weighted by atomic mass is 32.2. The summed E-state index contributed by atoms with van der Waals surface area (Å²) in [5, 5.41) is 3.82. The zero-order valence-electron chi connectivity index (χ0n) is 16.3. The number of nitrogens with one attached hydrogen (secondary N) is 2. The predicted octanol–water partition coefficient (Wildman–Crippen LogP) is 2.61. The van der Waals surface area contributed by atoms with E-state index in [0.29, 0.717) is 24.4 Å². The third-order valence-electron chi connectivity index (χ3n) is 4.97. The van der Waals surface area contributed by atoms with Crippen LogP contribution < -0.4 is 14.9 Å². The van der Waals surface area contributed by atoms with Gasteiger partial charge in [0.2, 0.25) is 10.0 Å². The Morgan fingerprint density at radius 1 is 1.21 bits per heavy atom. The molecule has 1 aromatic carbocycles. The van der Waals surface area contributed by atoms with Gasteiger partial charge in [0.15, 0.2) is 0 Å². The van der Waals surface area contributed by atoms with E-state index in [1.54, 1.807) is 12.1 Å². The van der Waals surface area contributed by atoms with Crippen LogP contribution in [0, 0.1) is 5.92 Å². The van der Waals surface area contributed by atoms with Crippen LogP contribution in [0.2, 0.25) is 0 Å². The summed E-state index contributed by atoms with van der Waals surface area (Å²) in [7, 11) is -3.23. The van der Waals surface area contributed by atoms with Crippen molar-refractivity contribution >= 4 is 26.6 Å². The summed E-state index contributed by atoms with van der Waals surface area (Å²) >= 11 is 0. The fraction of sp³-hybridized carbons (Fsp3) is 0.526. The maximum Gasteiger partial charge on any atom is 0.418 e. The van der Waals surface area contributed by atoms with Crippen molar-refractivity contribution in [2.45, 2.75) is 25.6 Å². The Bertz CT molecular complexity index is 966. The van der Waals surface area contributed by atoms with Crippen molar-refractivity contribution in [2.24, 2.45) is 5.92 Å². The van der Waals surface area contributed by atoms with Crippen molar-refractivity contribution in [1.82, 2.24) is 15.0 Å². The maximum atomic E-state index is 13.4. The summed E-state index contributed by atoms with van der Waals surface area (Å²) in [4.78, 5) is 6.08. The van der Waals surface area contributed by atoms with Crippen LogP contribution in [0.1, 0.15) is 18.9 Å². The van der Waals surface area contributed by atoms with Gasteiger partial charge in [-0.2, -0.15) is 13.2 Å². The normalized spacial score (nSPS) is 20.9. The molecule has 160 valence electrons. The molecule has 2 aromatic rings. The van der Waals surface area contributed by atoms with Crippen LogP contribution in [-0.4, -0.2) is 51.9 Å². The molecule has 1 aromatic heterocycles. The Hall–Kier alpha value is -1.91. The van der Waals surface area contributed by atoms with Crippen LogP contribution in [0.3, 0.4) is 0 Å². The minimum absolute atomic E-state index is 0.0439. The van der Waals surface area contributed by atoms with Crippen LogP contribution in [0.4, 0.5) is 18.9 Å². The van der Waals surface area contributed by atoms with Crippen LogP contribution in [0.5, 0.6) is 0 Å². The Morgan fingerprint density at radius 3 is 2.66 bits per heavy atom. The van der Waals surface area contributed by atoms with Crippen molar-refractivity contribution in [2.75, 3.05) is 37.3 Å². The molecule has 1 saturated heterocycles. The van der Waals surface area contributed by atoms with Crippen LogP contribution in [0.25, 0.3) is 10.9 Å². The number of alkyl halides is 3. The maximum absolute atomic E-state index is 13.4. The highest BCUT2D eigenvalue weighted by Crippen LogP contribution is 2.38. The van der Waals surface area contributed by atoms with Gasteiger partial charge in [-0.05, 0) is 36.6 Å². The van der Waals surface area contributed by atoms with Crippen molar-refractivity contribution in [1.29, 1.82) is 0 Å². The quantitative estimate of drug-likeness (QED) is 0.690. The molecule has 3 rings (SSSR count). The standard InChI is InChI=1S/C19H25F3N4O2S/c1-13-10-14(23-8-9-25-29(2,27)28)12-26(11-13)17-6-5-16(19(20,21)22)18-15(17)4-3-7-24-18/h3-7,13-14,23,25H,8-12H2,1-2H3/t13-,14+/m1/s1. The molecule has 1 fully saturated rings. The number of fused-ring (bicyclic) bond motifs is 1. The first-order valence-electron chi connectivity index (χ1n) is 9.42. The molecule has 0 unspecified atom stereocenters. The van der Waals surface area contributed by atoms with Gasteiger partial charge in [-0.1, -0.05) is 6.92 Å². The Morgan fingerprint density at radius 2 is 1.97 bits per heavy atom. The largest absolute Gasteiger partial charge is 0.418 e. The molecule has 0 saturated carbocycles. The Kier molecular flexibility index (Phi) is 6.35. The summed E-state index contributed by atoms with van der Waals surface area (Å²) in [6.45, 7) is 4.22. The first-order chi connectivity index (χ1) is 13.5. The number of benzene rings is 1. The van der Waals surface area contributed by atoms with E-state index in [4.69, 9.17) is 0 Å². The lowest BCUT2D eigenvalue weighted by Crippen LogP contribution is -2.50. The van der Waals surface area contributed by atoms with E-state index in [2.05, 4.69) is 26.8 Å². The van der Waals surface area contributed by atoms with E-state index in [-0.39, 0.29) is 18.1 Å². The molecule has 6 nitrogen and oxygen atoms in total. The number of nitrogens with zero attached hydrogens (tertiary/aromatic N) is 2. The zero-order valence-corrected chi connectivity index (χ0v) is 17.1. The minimum atomic E-state index is -4.46. The van der Waals surface area contributed by atoms with Gasteiger partial charge in [-0.25, -0.2) is 13.1 Å². The number of pyridine rings is 1. The number of rotatable bonds is 6. The molecule has 1 aliphatic rings. The van der Waals surface area contributed by atoms with Crippen LogP contribution in [0.15, 0.2) is 30.5 Å². The number of aromatic nitrogens is 1. The number of piperidine rings is 1. The topological polar surface area (TPSA) is 74.3 Å². The molecule has 10 heteroatoms. The molecule has 29 heavy (non-hydrogen) atoms. The molecule has 0 spiro atoms. The van der Waals surface area contributed by atoms with E-state index in [9.17, 15) is 21.6 Å². The molecule has 2 atom stereocenters. The van der Waals surface area contributed by atoms with Crippen molar-refractivity contribution < 1.29 is 21.6 Å². The number of hydrogen-bond acceptors (Lipinski definition) is 5. The first kappa shape index (κ1) is 21.8. The number of halogens is 3. The molecule has 0 radical (unpaired) electrons. The summed E-state index contributed by atoms with van der Waals surface area (Å²) in [6.07, 6.45) is -1.07. The lowest BCUT2D eigenvalue weighted by atomic mass is 9.94. The van der Waals surface area contributed by atoms with Crippen LogP contribution >= 0.6 is 0 Å². The van der Waals surface area contributed by atoms with Crippen molar-refractivity contribution in [3.63, 3.8) is 0 Å². The SMILES string of the molecule is C[C@@H]1C[C@H](NCCNS(C)(=O)=O)CN(c2ccc(C(F)(F)F)c3ncccc23)C1. The molecule has 0 aliphatic carbocycles. The van der Waals surface area contributed by atoms with Crippen molar-refractivity contribution in [3.05, 3.63) is 36.0 Å². The number of sulfonamides is 1. The zero-order chi connectivity index (χ0) is 21.2. The first-order valence-corrected chi connectivity index (χ1v) is 11.3. The Labute approximate surface area is 168 Å². The Balaban J connectivity index is 1.80. The lowest BCUT2D eigenvalue weighted by Gasteiger charge is -2.39. The van der Waals surface area contributed by atoms with E-state index in [1.807, 2.05) is 0 Å². The second kappa shape index (κ2) is 8.45. The third-order valence-corrected chi connectivity index (χ3v) is 5.70. The monoisotopic (exact) mass is 430 g/mol. The van der Waals surface area contributed by atoms with E-state index in [0.717, 1.165) is 31.0 Å². The van der Waals surface area contributed by atoms with Gasteiger partial charge < -0.3 is 10.2 Å². The van der Waals surface area contributed by atoms with E-state index < -0.39 is 21.8 Å². The third kappa shape index (κ3) is 5.58. The van der Waals surface area contributed by atoms with Gasteiger partial charge in [0.25, 0.3) is 0 Å². The summed E-state index contributed by atoms with van der Waals surface area (Å²) in [5.74, 6) is 0.332. The van der Waals surface area contributed by atoms with Gasteiger partial charge in [-0.15, -0.1) is 0 Å². The molecule has 0 amide bonds. The van der Waals surface area contributed by atoms with E-state index >= 15 is 0 Å². The average molecular weight is 430 g/mol. The fourth-order valence-electron chi connectivity index (χ4n) is 3.87. The number of anilines is 1. The van der Waals surface area contributed by atoms with Gasteiger partial charge in [-0.3, -0.25) is 4.98 Å². The van der Waals surface area contributed by atoms with Gasteiger partial charge >= 0.3 is 6.18 Å². The smallest absolute Gasteiger partial charge is 0.369 e. The molecule has 2 heterocycles. The second-order valence-electron chi connectivity index (χ2n) is 7.59. The number of hydrogen-bond donors (Lipinski definition) is 2. The highest BCUT2D eigenvalue weighted by molar-refractivity contribution is 7.88. The summed E-state index contributed by atoms with van der Waals surface area (Å²) < 4.78 is 64.8. The van der Waals surface area contributed by atoms with Gasteiger partial charge in [0.1, 0.15) is 0 Å². The fourth-order valence-corrected chi connectivity index (χ4v) is 4.34. The molecule has 1 aliphatic heterocycles. The molecule has 2 N–H and O–H groups in total. The minimum Gasteiger partial charge on any atom is -0.369 e. The molecular formula is C19H25F3N4O2S. The van der Waals surface area contributed by atoms with Crippen LogP contribution in [-0.2, 0) is 16.2 Å². The highest BCUT2D eigenvalue weighted by Gasteiger charge is 2.34. The summed E-state index contributed by atoms with van der Waals surface area (Å²) in [5.41, 5.74) is -0.0465. The lowest BCUT2D eigenvalue weighted by molar-refractivity contribution is -0.136.